The summed E-state index contributed by atoms with van der Waals surface area (Å²) >= 11 is 0. The fourth-order valence-electron chi connectivity index (χ4n) is 3.47. The number of rotatable bonds is 7. The molecule has 0 amide bonds. The molecule has 4 aromatic rings. The van der Waals surface area contributed by atoms with E-state index in [9.17, 15) is 8.42 Å². The van der Waals surface area contributed by atoms with Crippen LogP contribution in [0.4, 0.5) is 5.69 Å². The number of hydrogen-bond acceptors (Lipinski definition) is 4. The smallest absolute Gasteiger partial charge is 0.264 e. The van der Waals surface area contributed by atoms with Crippen LogP contribution in [-0.4, -0.2) is 18.0 Å². The van der Waals surface area contributed by atoms with Gasteiger partial charge in [0.2, 0.25) is 0 Å². The number of anilines is 1. The van der Waals surface area contributed by atoms with Gasteiger partial charge in [0.1, 0.15) is 0 Å². The molecule has 0 saturated carbocycles. The number of sulfonamides is 1. The van der Waals surface area contributed by atoms with E-state index in [-0.39, 0.29) is 11.4 Å². The van der Waals surface area contributed by atoms with Gasteiger partial charge in [-0.1, -0.05) is 42.5 Å². The summed E-state index contributed by atoms with van der Waals surface area (Å²) < 4.78 is 30.5. The summed E-state index contributed by atoms with van der Waals surface area (Å²) in [5.41, 5.74) is 3.92. The van der Waals surface area contributed by atoms with Crippen LogP contribution in [0.1, 0.15) is 22.4 Å². The second-order valence-electron chi connectivity index (χ2n) is 7.49. The number of benzene rings is 3. The molecule has 0 spiro atoms. The van der Waals surface area contributed by atoms with E-state index >= 15 is 0 Å². The molecule has 0 aliphatic carbocycles. The van der Waals surface area contributed by atoms with Gasteiger partial charge < -0.3 is 4.57 Å². The Hall–Kier alpha value is -3.89. The van der Waals surface area contributed by atoms with Crippen LogP contribution < -0.4 is 4.31 Å². The first-order valence-corrected chi connectivity index (χ1v) is 11.5. The molecule has 0 aliphatic rings. The molecular formula is C25H22N4O2S. The van der Waals surface area contributed by atoms with Crippen molar-refractivity contribution in [2.24, 2.45) is 0 Å². The second-order valence-corrected chi connectivity index (χ2v) is 9.35. The largest absolute Gasteiger partial charge is 0.328 e. The molecule has 0 N–H and O–H groups in total. The van der Waals surface area contributed by atoms with Crippen LogP contribution in [0, 0.1) is 18.3 Å². The zero-order valence-corrected chi connectivity index (χ0v) is 18.4. The van der Waals surface area contributed by atoms with Gasteiger partial charge in [-0.25, -0.2) is 13.4 Å². The third-order valence-electron chi connectivity index (χ3n) is 5.16. The van der Waals surface area contributed by atoms with Crippen molar-refractivity contribution in [2.45, 2.75) is 24.9 Å². The first kappa shape index (κ1) is 21.3. The summed E-state index contributed by atoms with van der Waals surface area (Å²) in [4.78, 5) is 4.50. The number of aryl methyl sites for hydroxylation is 1. The van der Waals surface area contributed by atoms with E-state index < -0.39 is 10.0 Å². The first-order valence-electron chi connectivity index (χ1n) is 10.1. The Morgan fingerprint density at radius 2 is 1.75 bits per heavy atom. The predicted octanol–water partition coefficient (Wildman–Crippen LogP) is 4.51. The highest BCUT2D eigenvalue weighted by atomic mass is 32.2. The highest BCUT2D eigenvalue weighted by Gasteiger charge is 2.26. The van der Waals surface area contributed by atoms with Crippen LogP contribution in [0.25, 0.3) is 0 Å². The van der Waals surface area contributed by atoms with Gasteiger partial charge in [0.25, 0.3) is 10.0 Å². The van der Waals surface area contributed by atoms with Gasteiger partial charge in [-0.15, -0.1) is 0 Å². The van der Waals surface area contributed by atoms with E-state index in [1.54, 1.807) is 61.1 Å². The lowest BCUT2D eigenvalue weighted by Crippen LogP contribution is -2.31. The van der Waals surface area contributed by atoms with Gasteiger partial charge in [-0.05, 0) is 54.4 Å². The van der Waals surface area contributed by atoms with Crippen LogP contribution in [0.15, 0.2) is 96.3 Å². The Balaban J connectivity index is 1.70. The number of hydrogen-bond donors (Lipinski definition) is 0. The number of nitriles is 1. The average molecular weight is 443 g/mol. The standard InChI is InChI=1S/C25H22N4O2S/c1-20-6-5-7-23(14-20)29(32(30,31)25-8-3-2-4-9-25)18-24-16-27-19-28(24)17-22-12-10-21(15-26)11-13-22/h2-14,16,19H,17-18H2,1H3. The molecule has 0 fully saturated rings. The first-order chi connectivity index (χ1) is 15.5. The molecule has 6 nitrogen and oxygen atoms in total. The molecule has 1 aromatic heterocycles. The topological polar surface area (TPSA) is 79.0 Å². The van der Waals surface area contributed by atoms with Crippen molar-refractivity contribution in [1.82, 2.24) is 9.55 Å². The second kappa shape index (κ2) is 9.08. The summed E-state index contributed by atoms with van der Waals surface area (Å²) in [5, 5.41) is 9.00. The van der Waals surface area contributed by atoms with E-state index in [4.69, 9.17) is 5.26 Å². The number of aromatic nitrogens is 2. The van der Waals surface area contributed by atoms with Crippen molar-refractivity contribution in [3.8, 4) is 6.07 Å². The monoisotopic (exact) mass is 442 g/mol. The van der Waals surface area contributed by atoms with Crippen molar-refractivity contribution >= 4 is 15.7 Å². The fraction of sp³-hybridized carbons (Fsp3) is 0.120. The maximum absolute atomic E-state index is 13.6. The van der Waals surface area contributed by atoms with Gasteiger partial charge >= 0.3 is 0 Å². The summed E-state index contributed by atoms with van der Waals surface area (Å²) in [5.74, 6) is 0. The van der Waals surface area contributed by atoms with Crippen LogP contribution in [-0.2, 0) is 23.1 Å². The third kappa shape index (κ3) is 4.56. The van der Waals surface area contributed by atoms with Gasteiger partial charge in [0, 0.05) is 12.7 Å². The zero-order valence-electron chi connectivity index (χ0n) is 17.6. The minimum Gasteiger partial charge on any atom is -0.328 e. The van der Waals surface area contributed by atoms with Crippen molar-refractivity contribution < 1.29 is 8.42 Å². The van der Waals surface area contributed by atoms with Crippen molar-refractivity contribution in [1.29, 1.82) is 5.26 Å². The van der Waals surface area contributed by atoms with Crippen LogP contribution in [0.5, 0.6) is 0 Å². The molecule has 0 bridgehead atoms. The summed E-state index contributed by atoms with van der Waals surface area (Å²) in [6.45, 7) is 2.59. The Labute approximate surface area is 188 Å². The van der Waals surface area contributed by atoms with E-state index in [1.807, 2.05) is 41.8 Å². The molecule has 32 heavy (non-hydrogen) atoms. The van der Waals surface area contributed by atoms with Crippen LogP contribution in [0.3, 0.4) is 0 Å². The van der Waals surface area contributed by atoms with Crippen molar-refractivity contribution in [3.05, 3.63) is 114 Å². The molecule has 160 valence electrons. The van der Waals surface area contributed by atoms with E-state index in [2.05, 4.69) is 11.1 Å². The van der Waals surface area contributed by atoms with Crippen LogP contribution in [0.2, 0.25) is 0 Å². The highest BCUT2D eigenvalue weighted by molar-refractivity contribution is 7.92. The quantitative estimate of drug-likeness (QED) is 0.422. The molecule has 0 radical (unpaired) electrons. The lowest BCUT2D eigenvalue weighted by atomic mass is 10.1. The SMILES string of the molecule is Cc1cccc(N(Cc2cncn2Cc2ccc(C#N)cc2)S(=O)(=O)c2ccccc2)c1. The summed E-state index contributed by atoms with van der Waals surface area (Å²) in [7, 11) is -3.79. The Morgan fingerprint density at radius 1 is 1.00 bits per heavy atom. The molecule has 1 heterocycles. The summed E-state index contributed by atoms with van der Waals surface area (Å²) in [6.07, 6.45) is 3.38. The maximum atomic E-state index is 13.6. The Kier molecular flexibility index (Phi) is 6.06. The molecule has 0 saturated heterocycles. The number of imidazole rings is 1. The molecule has 3 aromatic carbocycles. The third-order valence-corrected chi connectivity index (χ3v) is 6.95. The van der Waals surface area contributed by atoms with Gasteiger partial charge in [0.05, 0.1) is 40.8 Å². The van der Waals surface area contributed by atoms with Gasteiger partial charge in [-0.3, -0.25) is 4.31 Å². The normalized spacial score (nSPS) is 11.1. The van der Waals surface area contributed by atoms with Crippen LogP contribution >= 0.6 is 0 Å². The Morgan fingerprint density at radius 3 is 2.44 bits per heavy atom. The number of nitrogens with zero attached hydrogens (tertiary/aromatic N) is 4. The minimum absolute atomic E-state index is 0.136. The zero-order chi connectivity index (χ0) is 22.6. The average Bonchev–Trinajstić information content (AvgIpc) is 3.25. The Bertz CT molecular complexity index is 1360. The maximum Gasteiger partial charge on any atom is 0.264 e. The molecule has 0 aliphatic heterocycles. The van der Waals surface area contributed by atoms with Gasteiger partial charge in [-0.2, -0.15) is 5.26 Å². The van der Waals surface area contributed by atoms with Crippen molar-refractivity contribution in [3.63, 3.8) is 0 Å². The van der Waals surface area contributed by atoms with E-state index in [1.165, 1.54) is 4.31 Å². The molecule has 0 unspecified atom stereocenters. The minimum atomic E-state index is -3.79. The lowest BCUT2D eigenvalue weighted by Gasteiger charge is -2.25. The van der Waals surface area contributed by atoms with E-state index in [0.717, 1.165) is 16.8 Å². The predicted molar refractivity (Wildman–Crippen MR) is 123 cm³/mol. The van der Waals surface area contributed by atoms with Crippen molar-refractivity contribution in [2.75, 3.05) is 4.31 Å². The van der Waals surface area contributed by atoms with Gasteiger partial charge in [0.15, 0.2) is 0 Å². The summed E-state index contributed by atoms with van der Waals surface area (Å²) in [6, 6.07) is 25.3. The molecular weight excluding hydrogens is 420 g/mol. The van der Waals surface area contributed by atoms with E-state index in [0.29, 0.717) is 17.8 Å². The lowest BCUT2D eigenvalue weighted by molar-refractivity contribution is 0.588. The molecule has 4 rings (SSSR count). The molecule has 7 heteroatoms. The highest BCUT2D eigenvalue weighted by Crippen LogP contribution is 2.27. The molecule has 0 atom stereocenters. The fourth-order valence-corrected chi connectivity index (χ4v) is 4.92.